The Kier molecular flexibility index (Phi) is 1.33. The molecule has 1 aromatic rings. The van der Waals surface area contributed by atoms with Gasteiger partial charge in [0.1, 0.15) is 6.10 Å². The molecule has 0 unspecified atom stereocenters. The van der Waals surface area contributed by atoms with Crippen molar-refractivity contribution in [1.82, 2.24) is 0 Å². The first-order valence-electron chi connectivity index (χ1n) is 3.79. The molecule has 1 aliphatic rings. The summed E-state index contributed by atoms with van der Waals surface area (Å²) in [6, 6.07) is 5.27. The van der Waals surface area contributed by atoms with E-state index in [4.69, 9.17) is 10.5 Å². The van der Waals surface area contributed by atoms with E-state index in [1.54, 1.807) is 18.2 Å². The molecule has 0 saturated heterocycles. The second-order valence-electron chi connectivity index (χ2n) is 2.86. The number of hydrogen-bond acceptors (Lipinski definition) is 3. The third-order valence-corrected chi connectivity index (χ3v) is 2.05. The van der Waals surface area contributed by atoms with Gasteiger partial charge in [-0.3, -0.25) is 0 Å². The zero-order chi connectivity index (χ0) is 8.72. The number of ether oxygens (including phenoxy) is 1. The molecular weight excluding hydrogens is 154 g/mol. The highest BCUT2D eigenvalue weighted by molar-refractivity contribution is 5.95. The Hall–Kier alpha value is -1.51. The van der Waals surface area contributed by atoms with Gasteiger partial charge < -0.3 is 10.5 Å². The summed E-state index contributed by atoms with van der Waals surface area (Å²) in [6.07, 6.45) is -0.200. The van der Waals surface area contributed by atoms with Gasteiger partial charge in [0.25, 0.3) is 0 Å². The quantitative estimate of drug-likeness (QED) is 0.465. The van der Waals surface area contributed by atoms with Gasteiger partial charge in [-0.1, -0.05) is 6.07 Å². The number of anilines is 1. The predicted molar refractivity (Wildman–Crippen MR) is 44.7 cm³/mol. The van der Waals surface area contributed by atoms with Gasteiger partial charge >= 0.3 is 5.97 Å². The predicted octanol–water partition coefficient (Wildman–Crippen LogP) is 1.50. The third kappa shape index (κ3) is 0.794. The van der Waals surface area contributed by atoms with Crippen molar-refractivity contribution in [2.24, 2.45) is 0 Å². The van der Waals surface area contributed by atoms with Gasteiger partial charge in [0.2, 0.25) is 0 Å². The topological polar surface area (TPSA) is 52.3 Å². The number of benzene rings is 1. The zero-order valence-corrected chi connectivity index (χ0v) is 6.70. The molecule has 1 aliphatic heterocycles. The maximum absolute atomic E-state index is 11.2. The van der Waals surface area contributed by atoms with Gasteiger partial charge in [-0.25, -0.2) is 4.79 Å². The lowest BCUT2D eigenvalue weighted by Gasteiger charge is -2.04. The van der Waals surface area contributed by atoms with Gasteiger partial charge in [0.15, 0.2) is 0 Å². The fourth-order valence-electron chi connectivity index (χ4n) is 1.50. The molecule has 2 N–H and O–H groups in total. The van der Waals surface area contributed by atoms with Crippen LogP contribution in [0.1, 0.15) is 28.9 Å². The molecule has 0 spiro atoms. The Bertz CT molecular complexity index is 346. The fraction of sp³-hybridized carbons (Fsp3) is 0.222. The standard InChI is InChI=1S/C9H9NO2/c1-5-8-6(9(11)12-5)3-2-4-7(8)10/h2-5H,10H2,1H3/t5-/m0/s1. The molecule has 1 atom stereocenters. The molecule has 3 heteroatoms. The smallest absolute Gasteiger partial charge is 0.339 e. The van der Waals surface area contributed by atoms with E-state index >= 15 is 0 Å². The number of hydrogen-bond donors (Lipinski definition) is 1. The lowest BCUT2D eigenvalue weighted by atomic mass is 10.0. The zero-order valence-electron chi connectivity index (χ0n) is 6.70. The molecule has 0 radical (unpaired) electrons. The molecule has 0 saturated carbocycles. The van der Waals surface area contributed by atoms with Crippen molar-refractivity contribution in [3.8, 4) is 0 Å². The van der Waals surface area contributed by atoms with Crippen LogP contribution in [0.25, 0.3) is 0 Å². The molecule has 0 aromatic heterocycles. The average Bonchev–Trinajstić information content (AvgIpc) is 2.29. The van der Waals surface area contributed by atoms with Crippen molar-refractivity contribution >= 4 is 11.7 Å². The number of rotatable bonds is 0. The van der Waals surface area contributed by atoms with Crippen LogP contribution in [0.3, 0.4) is 0 Å². The highest BCUT2D eigenvalue weighted by Gasteiger charge is 2.28. The summed E-state index contributed by atoms with van der Waals surface area (Å²) in [7, 11) is 0. The molecule has 12 heavy (non-hydrogen) atoms. The Labute approximate surface area is 70.1 Å². The summed E-state index contributed by atoms with van der Waals surface area (Å²) >= 11 is 0. The summed E-state index contributed by atoms with van der Waals surface area (Å²) in [4.78, 5) is 11.2. The summed E-state index contributed by atoms with van der Waals surface area (Å²) in [6.45, 7) is 1.82. The molecule has 62 valence electrons. The van der Waals surface area contributed by atoms with E-state index in [9.17, 15) is 4.79 Å². The SMILES string of the molecule is C[C@@H]1OC(=O)c2cccc(N)c21. The largest absolute Gasteiger partial charge is 0.454 e. The first-order chi connectivity index (χ1) is 5.70. The maximum Gasteiger partial charge on any atom is 0.339 e. The summed E-state index contributed by atoms with van der Waals surface area (Å²) in [5.41, 5.74) is 7.74. The second kappa shape index (κ2) is 2.24. The average molecular weight is 163 g/mol. The molecule has 3 nitrogen and oxygen atoms in total. The van der Waals surface area contributed by atoms with Crippen molar-refractivity contribution in [2.75, 3.05) is 5.73 Å². The van der Waals surface area contributed by atoms with Crippen molar-refractivity contribution in [2.45, 2.75) is 13.0 Å². The minimum absolute atomic E-state index is 0.200. The van der Waals surface area contributed by atoms with Crippen LogP contribution in [0.4, 0.5) is 5.69 Å². The summed E-state index contributed by atoms with van der Waals surface area (Å²) < 4.78 is 4.99. The number of esters is 1. The first kappa shape index (κ1) is 7.16. The molecule has 1 heterocycles. The van der Waals surface area contributed by atoms with E-state index in [0.717, 1.165) is 5.56 Å². The van der Waals surface area contributed by atoms with Gasteiger partial charge in [0.05, 0.1) is 5.56 Å². The van der Waals surface area contributed by atoms with Crippen LogP contribution >= 0.6 is 0 Å². The third-order valence-electron chi connectivity index (χ3n) is 2.05. The number of carbonyl (C=O) groups is 1. The van der Waals surface area contributed by atoms with Crippen molar-refractivity contribution in [3.05, 3.63) is 29.3 Å². The summed E-state index contributed by atoms with van der Waals surface area (Å²) in [5, 5.41) is 0. The molecule has 0 aliphatic carbocycles. The number of nitrogens with two attached hydrogens (primary N) is 1. The Morgan fingerprint density at radius 1 is 1.50 bits per heavy atom. The van der Waals surface area contributed by atoms with E-state index in [2.05, 4.69) is 0 Å². The van der Waals surface area contributed by atoms with Gasteiger partial charge in [-0.15, -0.1) is 0 Å². The van der Waals surface area contributed by atoms with Gasteiger partial charge in [0, 0.05) is 11.3 Å². The number of fused-ring (bicyclic) bond motifs is 1. The Balaban J connectivity index is 2.67. The van der Waals surface area contributed by atoms with Crippen LogP contribution in [0.15, 0.2) is 18.2 Å². The molecule has 2 rings (SSSR count). The van der Waals surface area contributed by atoms with Gasteiger partial charge in [-0.05, 0) is 19.1 Å². The van der Waals surface area contributed by atoms with Crippen molar-refractivity contribution < 1.29 is 9.53 Å². The molecule has 0 bridgehead atoms. The minimum Gasteiger partial charge on any atom is -0.454 e. The van der Waals surface area contributed by atoms with Crippen LogP contribution < -0.4 is 5.73 Å². The fourth-order valence-corrected chi connectivity index (χ4v) is 1.50. The lowest BCUT2D eigenvalue weighted by Crippen LogP contribution is -1.95. The second-order valence-corrected chi connectivity index (χ2v) is 2.86. The highest BCUT2D eigenvalue weighted by Crippen LogP contribution is 2.33. The summed E-state index contributed by atoms with van der Waals surface area (Å²) in [5.74, 6) is -0.273. The first-order valence-corrected chi connectivity index (χ1v) is 3.79. The normalized spacial score (nSPS) is 20.4. The van der Waals surface area contributed by atoms with E-state index in [1.165, 1.54) is 0 Å². The molecular formula is C9H9NO2. The molecule has 0 amide bonds. The number of cyclic esters (lactones) is 1. The Morgan fingerprint density at radius 2 is 2.25 bits per heavy atom. The van der Waals surface area contributed by atoms with E-state index < -0.39 is 0 Å². The van der Waals surface area contributed by atoms with Crippen LogP contribution in [0.5, 0.6) is 0 Å². The Morgan fingerprint density at radius 3 is 2.92 bits per heavy atom. The molecule has 0 fully saturated rings. The van der Waals surface area contributed by atoms with Crippen LogP contribution in [-0.2, 0) is 4.74 Å². The van der Waals surface area contributed by atoms with E-state index in [-0.39, 0.29) is 12.1 Å². The number of carbonyl (C=O) groups excluding carboxylic acids is 1. The van der Waals surface area contributed by atoms with E-state index in [1.807, 2.05) is 6.92 Å². The van der Waals surface area contributed by atoms with E-state index in [0.29, 0.717) is 11.3 Å². The monoisotopic (exact) mass is 163 g/mol. The van der Waals surface area contributed by atoms with Crippen LogP contribution in [-0.4, -0.2) is 5.97 Å². The van der Waals surface area contributed by atoms with Gasteiger partial charge in [-0.2, -0.15) is 0 Å². The van der Waals surface area contributed by atoms with Crippen LogP contribution in [0, 0.1) is 0 Å². The highest BCUT2D eigenvalue weighted by atomic mass is 16.5. The van der Waals surface area contributed by atoms with Crippen molar-refractivity contribution in [1.29, 1.82) is 0 Å². The number of nitrogen functional groups attached to an aromatic ring is 1. The van der Waals surface area contributed by atoms with Crippen molar-refractivity contribution in [3.63, 3.8) is 0 Å². The minimum atomic E-state index is -0.273. The van der Waals surface area contributed by atoms with Crippen LogP contribution in [0.2, 0.25) is 0 Å². The maximum atomic E-state index is 11.2. The molecule has 1 aromatic carbocycles. The lowest BCUT2D eigenvalue weighted by molar-refractivity contribution is 0.0422.